The Morgan fingerprint density at radius 2 is 1.82 bits per heavy atom. The van der Waals surface area contributed by atoms with Crippen molar-refractivity contribution in [3.8, 4) is 10.6 Å². The van der Waals surface area contributed by atoms with E-state index in [-0.39, 0.29) is 0 Å². The van der Waals surface area contributed by atoms with Gasteiger partial charge in [0.15, 0.2) is 0 Å². The molecule has 1 nitrogen and oxygen atoms in total. The van der Waals surface area contributed by atoms with Crippen LogP contribution in [0, 0.1) is 6.92 Å². The summed E-state index contributed by atoms with van der Waals surface area (Å²) in [6, 6.07) is 14.2. The van der Waals surface area contributed by atoms with Crippen molar-refractivity contribution >= 4 is 33.2 Å². The second-order valence-corrected chi connectivity index (χ2v) is 5.34. The number of nitrogens with zero attached hydrogens (tertiary/aromatic N) is 1. The van der Waals surface area contributed by atoms with E-state index in [1.54, 1.807) is 11.3 Å². The van der Waals surface area contributed by atoms with Gasteiger partial charge in [-0.15, -0.1) is 11.3 Å². The summed E-state index contributed by atoms with van der Waals surface area (Å²) >= 11 is 7.81. The summed E-state index contributed by atoms with van der Waals surface area (Å²) in [6.45, 7) is 2.01. The van der Waals surface area contributed by atoms with Crippen LogP contribution in [-0.2, 0) is 0 Å². The fourth-order valence-electron chi connectivity index (χ4n) is 1.80. The lowest BCUT2D eigenvalue weighted by Crippen LogP contribution is -1.79. The largest absolute Gasteiger partial charge is 0.236 e. The Morgan fingerprint density at radius 1 is 1.06 bits per heavy atom. The van der Waals surface area contributed by atoms with E-state index < -0.39 is 0 Å². The zero-order valence-corrected chi connectivity index (χ0v) is 10.8. The van der Waals surface area contributed by atoms with Gasteiger partial charge in [0.2, 0.25) is 0 Å². The normalized spacial score (nSPS) is 10.9. The van der Waals surface area contributed by atoms with Gasteiger partial charge in [-0.3, -0.25) is 0 Å². The molecule has 0 amide bonds. The van der Waals surface area contributed by atoms with Crippen molar-refractivity contribution in [1.82, 2.24) is 4.98 Å². The molecule has 0 radical (unpaired) electrons. The standard InChI is InChI=1S/C14H10ClNS/c1-9-11(15)7-8-12-13(9)16-14(17-12)10-5-3-2-4-6-10/h2-8H,1H3. The molecule has 0 saturated heterocycles. The minimum Gasteiger partial charge on any atom is -0.236 e. The predicted molar refractivity (Wildman–Crippen MR) is 74.8 cm³/mol. The van der Waals surface area contributed by atoms with Gasteiger partial charge in [-0.1, -0.05) is 41.9 Å². The Bertz CT molecular complexity index is 673. The molecule has 0 aliphatic heterocycles. The zero-order chi connectivity index (χ0) is 11.8. The van der Waals surface area contributed by atoms with Crippen LogP contribution in [0.15, 0.2) is 42.5 Å². The fourth-order valence-corrected chi connectivity index (χ4v) is 2.99. The number of aryl methyl sites for hydroxylation is 1. The Balaban J connectivity index is 2.24. The van der Waals surface area contributed by atoms with Crippen LogP contribution in [0.1, 0.15) is 5.56 Å². The highest BCUT2D eigenvalue weighted by molar-refractivity contribution is 7.21. The first-order valence-electron chi connectivity index (χ1n) is 5.37. The lowest BCUT2D eigenvalue weighted by atomic mass is 10.2. The summed E-state index contributed by atoms with van der Waals surface area (Å²) in [5.41, 5.74) is 3.23. The molecule has 3 rings (SSSR count). The van der Waals surface area contributed by atoms with Gasteiger partial charge in [0.1, 0.15) is 5.01 Å². The molecule has 0 N–H and O–H groups in total. The Labute approximate surface area is 109 Å². The molecule has 0 atom stereocenters. The molecule has 3 aromatic rings. The van der Waals surface area contributed by atoms with E-state index in [0.29, 0.717) is 0 Å². The molecule has 0 aliphatic rings. The number of halogens is 1. The minimum absolute atomic E-state index is 0.780. The smallest absolute Gasteiger partial charge is 0.124 e. The molecular formula is C14H10ClNS. The minimum atomic E-state index is 0.780. The van der Waals surface area contributed by atoms with E-state index in [9.17, 15) is 0 Å². The lowest BCUT2D eigenvalue weighted by Gasteiger charge is -1.96. The number of hydrogen-bond donors (Lipinski definition) is 0. The van der Waals surface area contributed by atoms with E-state index in [0.717, 1.165) is 26.7 Å². The highest BCUT2D eigenvalue weighted by Crippen LogP contribution is 2.33. The first kappa shape index (κ1) is 10.8. The highest BCUT2D eigenvalue weighted by atomic mass is 35.5. The van der Waals surface area contributed by atoms with Crippen molar-refractivity contribution in [2.45, 2.75) is 6.92 Å². The Kier molecular flexibility index (Phi) is 2.61. The quantitative estimate of drug-likeness (QED) is 0.604. The van der Waals surface area contributed by atoms with Crippen molar-refractivity contribution in [1.29, 1.82) is 0 Å². The maximum absolute atomic E-state index is 6.11. The third kappa shape index (κ3) is 1.84. The van der Waals surface area contributed by atoms with Crippen LogP contribution < -0.4 is 0 Å². The van der Waals surface area contributed by atoms with E-state index >= 15 is 0 Å². The van der Waals surface area contributed by atoms with Crippen LogP contribution in [0.4, 0.5) is 0 Å². The number of benzene rings is 2. The number of fused-ring (bicyclic) bond motifs is 1. The van der Waals surface area contributed by atoms with Crippen LogP contribution in [0.5, 0.6) is 0 Å². The van der Waals surface area contributed by atoms with Crippen LogP contribution in [0.3, 0.4) is 0 Å². The number of aromatic nitrogens is 1. The maximum Gasteiger partial charge on any atom is 0.124 e. The van der Waals surface area contributed by atoms with Gasteiger partial charge >= 0.3 is 0 Å². The van der Waals surface area contributed by atoms with Gasteiger partial charge in [0, 0.05) is 10.6 Å². The molecule has 2 aromatic carbocycles. The number of rotatable bonds is 1. The van der Waals surface area contributed by atoms with Crippen molar-refractivity contribution in [3.63, 3.8) is 0 Å². The van der Waals surface area contributed by atoms with Crippen LogP contribution in [0.25, 0.3) is 20.8 Å². The van der Waals surface area contributed by atoms with Crippen molar-refractivity contribution in [2.24, 2.45) is 0 Å². The first-order chi connectivity index (χ1) is 8.25. The average Bonchev–Trinajstić information content (AvgIpc) is 2.80. The molecule has 0 aliphatic carbocycles. The van der Waals surface area contributed by atoms with E-state index in [1.807, 2.05) is 37.3 Å². The number of hydrogen-bond acceptors (Lipinski definition) is 2. The topological polar surface area (TPSA) is 12.9 Å². The van der Waals surface area contributed by atoms with E-state index in [1.165, 1.54) is 4.70 Å². The molecule has 84 valence electrons. The molecule has 1 heterocycles. The van der Waals surface area contributed by atoms with Crippen LogP contribution >= 0.6 is 22.9 Å². The van der Waals surface area contributed by atoms with Gasteiger partial charge in [-0.2, -0.15) is 0 Å². The predicted octanol–water partition coefficient (Wildman–Crippen LogP) is 4.93. The molecule has 0 fully saturated rings. The van der Waals surface area contributed by atoms with Crippen molar-refractivity contribution in [2.75, 3.05) is 0 Å². The average molecular weight is 260 g/mol. The molecule has 0 spiro atoms. The molecule has 0 saturated carbocycles. The van der Waals surface area contributed by atoms with Gasteiger partial charge < -0.3 is 0 Å². The SMILES string of the molecule is Cc1c(Cl)ccc2sc(-c3ccccc3)nc12. The monoisotopic (exact) mass is 259 g/mol. The third-order valence-corrected chi connectivity index (χ3v) is 4.25. The first-order valence-corrected chi connectivity index (χ1v) is 6.56. The Hall–Kier alpha value is -1.38. The third-order valence-electron chi connectivity index (χ3n) is 2.77. The number of thiazole rings is 1. The maximum atomic E-state index is 6.11. The summed E-state index contributed by atoms with van der Waals surface area (Å²) in [5.74, 6) is 0. The van der Waals surface area contributed by atoms with Crippen LogP contribution in [0.2, 0.25) is 5.02 Å². The van der Waals surface area contributed by atoms with Crippen molar-refractivity contribution in [3.05, 3.63) is 53.1 Å². The summed E-state index contributed by atoms with van der Waals surface area (Å²) in [5, 5.41) is 1.83. The van der Waals surface area contributed by atoms with Gasteiger partial charge in [0.05, 0.1) is 10.2 Å². The molecule has 1 aromatic heterocycles. The van der Waals surface area contributed by atoms with E-state index in [4.69, 9.17) is 11.6 Å². The lowest BCUT2D eigenvalue weighted by molar-refractivity contribution is 1.42. The molecule has 0 bridgehead atoms. The van der Waals surface area contributed by atoms with Crippen molar-refractivity contribution < 1.29 is 0 Å². The summed E-state index contributed by atoms with van der Waals surface area (Å²) in [6.07, 6.45) is 0. The second kappa shape index (κ2) is 4.13. The highest BCUT2D eigenvalue weighted by Gasteiger charge is 2.09. The molecular weight excluding hydrogens is 250 g/mol. The van der Waals surface area contributed by atoms with Crippen LogP contribution in [-0.4, -0.2) is 4.98 Å². The summed E-state index contributed by atoms with van der Waals surface area (Å²) in [7, 11) is 0. The van der Waals surface area contributed by atoms with Gasteiger partial charge in [-0.05, 0) is 24.6 Å². The van der Waals surface area contributed by atoms with Gasteiger partial charge in [0.25, 0.3) is 0 Å². The summed E-state index contributed by atoms with van der Waals surface area (Å²) < 4.78 is 1.19. The molecule has 0 unspecified atom stereocenters. The molecule has 17 heavy (non-hydrogen) atoms. The zero-order valence-electron chi connectivity index (χ0n) is 9.27. The second-order valence-electron chi connectivity index (χ2n) is 3.90. The fraction of sp³-hybridized carbons (Fsp3) is 0.0714. The summed E-state index contributed by atoms with van der Waals surface area (Å²) in [4.78, 5) is 4.68. The van der Waals surface area contributed by atoms with Gasteiger partial charge in [-0.25, -0.2) is 4.98 Å². The molecule has 3 heteroatoms. The Morgan fingerprint density at radius 3 is 2.59 bits per heavy atom. The van der Waals surface area contributed by atoms with E-state index in [2.05, 4.69) is 17.1 Å².